The molecule has 0 heterocycles. The first kappa shape index (κ1) is 16.0. The second kappa shape index (κ2) is 7.57. The van der Waals surface area contributed by atoms with E-state index in [1.165, 1.54) is 19.3 Å². The van der Waals surface area contributed by atoms with E-state index in [9.17, 15) is 9.90 Å². The molecule has 4 nitrogen and oxygen atoms in total. The fourth-order valence-electron chi connectivity index (χ4n) is 2.83. The highest BCUT2D eigenvalue weighted by molar-refractivity contribution is 5.80. The van der Waals surface area contributed by atoms with E-state index in [0.717, 1.165) is 24.5 Å². The van der Waals surface area contributed by atoms with Crippen molar-refractivity contribution in [2.75, 3.05) is 20.3 Å². The number of carboxylic acid groups (broad SMARTS) is 1. The number of hydrogen-bond donors (Lipinski definition) is 2. The summed E-state index contributed by atoms with van der Waals surface area (Å²) in [6, 6.07) is 9.31. The summed E-state index contributed by atoms with van der Waals surface area (Å²) >= 11 is 0. The van der Waals surface area contributed by atoms with Crippen LogP contribution in [-0.4, -0.2) is 31.3 Å². The number of likely N-dealkylation sites (N-methyl/N-ethyl adjacent to an activating group) is 1. The zero-order valence-electron chi connectivity index (χ0n) is 12.7. The van der Waals surface area contributed by atoms with Gasteiger partial charge in [-0.2, -0.15) is 0 Å². The van der Waals surface area contributed by atoms with Crippen LogP contribution in [-0.2, 0) is 15.1 Å². The minimum Gasteiger partial charge on any atom is -0.480 e. The Morgan fingerprint density at radius 1 is 1.33 bits per heavy atom. The Balaban J connectivity index is 1.88. The first-order valence-electron chi connectivity index (χ1n) is 7.74. The summed E-state index contributed by atoms with van der Waals surface area (Å²) in [7, 11) is 1.69. The monoisotopic (exact) mass is 291 g/mol. The summed E-state index contributed by atoms with van der Waals surface area (Å²) in [5.41, 5.74) is -0.305. The zero-order chi connectivity index (χ0) is 15.1. The standard InChI is InChI=1S/C17H25NO3/c1-18-17(16(19)20,15-8-3-2-4-9-15)11-13-21-12-10-14-6-5-7-14/h2-4,8-9,14,18H,5-7,10-13H2,1H3,(H,19,20). The third-order valence-corrected chi connectivity index (χ3v) is 4.58. The molecular formula is C17H25NO3. The quantitative estimate of drug-likeness (QED) is 0.687. The highest BCUT2D eigenvalue weighted by Gasteiger charge is 2.38. The van der Waals surface area contributed by atoms with Crippen LogP contribution in [0.5, 0.6) is 0 Å². The molecule has 1 atom stereocenters. The molecule has 1 aromatic carbocycles. The SMILES string of the molecule is CNC(CCOCCC1CCC1)(C(=O)O)c1ccccc1. The molecule has 1 aromatic rings. The maximum Gasteiger partial charge on any atom is 0.328 e. The normalized spacial score (nSPS) is 18.0. The third-order valence-electron chi connectivity index (χ3n) is 4.58. The van der Waals surface area contributed by atoms with Crippen LogP contribution in [0.15, 0.2) is 30.3 Å². The molecule has 2 N–H and O–H groups in total. The molecule has 0 saturated heterocycles. The molecule has 4 heteroatoms. The van der Waals surface area contributed by atoms with Crippen LogP contribution in [0, 0.1) is 5.92 Å². The Kier molecular flexibility index (Phi) is 5.76. The van der Waals surface area contributed by atoms with Gasteiger partial charge in [-0.15, -0.1) is 0 Å². The number of rotatable bonds is 9. The lowest BCUT2D eigenvalue weighted by Crippen LogP contribution is -2.48. The van der Waals surface area contributed by atoms with Gasteiger partial charge in [0.05, 0.1) is 0 Å². The minimum absolute atomic E-state index is 0.424. The van der Waals surface area contributed by atoms with Crippen molar-refractivity contribution in [1.29, 1.82) is 0 Å². The molecule has 0 bridgehead atoms. The minimum atomic E-state index is -1.07. The van der Waals surface area contributed by atoms with Crippen molar-refractivity contribution in [2.24, 2.45) is 5.92 Å². The smallest absolute Gasteiger partial charge is 0.328 e. The van der Waals surface area contributed by atoms with Crippen molar-refractivity contribution in [3.63, 3.8) is 0 Å². The topological polar surface area (TPSA) is 58.6 Å². The molecule has 0 aliphatic heterocycles. The summed E-state index contributed by atoms with van der Waals surface area (Å²) < 4.78 is 5.67. The molecule has 1 fully saturated rings. The molecule has 21 heavy (non-hydrogen) atoms. The number of nitrogens with one attached hydrogen (secondary N) is 1. The van der Waals surface area contributed by atoms with Crippen molar-refractivity contribution in [3.05, 3.63) is 35.9 Å². The largest absolute Gasteiger partial charge is 0.480 e. The number of carbonyl (C=O) groups is 1. The van der Waals surface area contributed by atoms with Crippen LogP contribution in [0.1, 0.15) is 37.7 Å². The molecular weight excluding hydrogens is 266 g/mol. The summed E-state index contributed by atoms with van der Waals surface area (Å²) in [5, 5.41) is 12.6. The lowest BCUT2D eigenvalue weighted by Gasteiger charge is -2.30. The maximum absolute atomic E-state index is 11.8. The van der Waals surface area contributed by atoms with Crippen LogP contribution < -0.4 is 5.32 Å². The molecule has 0 amide bonds. The predicted octanol–water partition coefficient (Wildman–Crippen LogP) is 2.78. The molecule has 1 aliphatic carbocycles. The zero-order valence-corrected chi connectivity index (χ0v) is 12.7. The van der Waals surface area contributed by atoms with Crippen LogP contribution in [0.2, 0.25) is 0 Å². The van der Waals surface area contributed by atoms with Crippen LogP contribution >= 0.6 is 0 Å². The second-order valence-corrected chi connectivity index (χ2v) is 5.77. The van der Waals surface area contributed by atoms with Gasteiger partial charge in [0, 0.05) is 19.6 Å². The molecule has 1 aliphatic rings. The molecule has 116 valence electrons. The van der Waals surface area contributed by atoms with E-state index in [2.05, 4.69) is 5.32 Å². The average molecular weight is 291 g/mol. The molecule has 1 saturated carbocycles. The summed E-state index contributed by atoms with van der Waals surface area (Å²) in [5.74, 6) is -0.0357. The van der Waals surface area contributed by atoms with Gasteiger partial charge in [0.15, 0.2) is 0 Å². The van der Waals surface area contributed by atoms with E-state index in [4.69, 9.17) is 4.74 Å². The number of carboxylic acids is 1. The van der Waals surface area contributed by atoms with Crippen LogP contribution in [0.25, 0.3) is 0 Å². The highest BCUT2D eigenvalue weighted by atomic mass is 16.5. The van der Waals surface area contributed by atoms with E-state index in [0.29, 0.717) is 13.0 Å². The number of hydrogen-bond acceptors (Lipinski definition) is 3. The lowest BCUT2D eigenvalue weighted by atomic mass is 9.83. The Labute approximate surface area is 126 Å². The van der Waals surface area contributed by atoms with Crippen molar-refractivity contribution < 1.29 is 14.6 Å². The predicted molar refractivity (Wildman–Crippen MR) is 82.2 cm³/mol. The van der Waals surface area contributed by atoms with Gasteiger partial charge in [-0.1, -0.05) is 49.6 Å². The van der Waals surface area contributed by atoms with Gasteiger partial charge in [-0.3, -0.25) is 0 Å². The highest BCUT2D eigenvalue weighted by Crippen LogP contribution is 2.29. The van der Waals surface area contributed by atoms with E-state index in [-0.39, 0.29) is 0 Å². The van der Waals surface area contributed by atoms with Crippen molar-refractivity contribution in [2.45, 2.75) is 37.6 Å². The van der Waals surface area contributed by atoms with Crippen LogP contribution in [0.3, 0.4) is 0 Å². The number of ether oxygens (including phenoxy) is 1. The summed E-state index contributed by atoms with van der Waals surface area (Å²) in [6.07, 6.45) is 5.52. The van der Waals surface area contributed by atoms with Gasteiger partial charge in [-0.05, 0) is 24.9 Å². The van der Waals surface area contributed by atoms with Gasteiger partial charge in [0.1, 0.15) is 5.54 Å². The third kappa shape index (κ3) is 3.83. The molecule has 1 unspecified atom stereocenters. The van der Waals surface area contributed by atoms with Gasteiger partial charge in [0.25, 0.3) is 0 Å². The number of aliphatic carboxylic acids is 1. The van der Waals surface area contributed by atoms with Crippen LogP contribution in [0.4, 0.5) is 0 Å². The Morgan fingerprint density at radius 2 is 2.05 bits per heavy atom. The van der Waals surface area contributed by atoms with E-state index in [1.54, 1.807) is 7.05 Å². The number of benzene rings is 1. The van der Waals surface area contributed by atoms with Crippen molar-refractivity contribution in [3.8, 4) is 0 Å². The summed E-state index contributed by atoms with van der Waals surface area (Å²) in [6.45, 7) is 1.19. The van der Waals surface area contributed by atoms with Crippen molar-refractivity contribution >= 4 is 5.97 Å². The Bertz CT molecular complexity index is 445. The summed E-state index contributed by atoms with van der Waals surface area (Å²) in [4.78, 5) is 11.8. The second-order valence-electron chi connectivity index (χ2n) is 5.77. The van der Waals surface area contributed by atoms with E-state index < -0.39 is 11.5 Å². The van der Waals surface area contributed by atoms with E-state index in [1.807, 2.05) is 30.3 Å². The average Bonchev–Trinajstić information content (AvgIpc) is 2.45. The molecule has 0 spiro atoms. The maximum atomic E-state index is 11.8. The molecule has 0 radical (unpaired) electrons. The fraction of sp³-hybridized carbons (Fsp3) is 0.588. The van der Waals surface area contributed by atoms with E-state index >= 15 is 0 Å². The fourth-order valence-corrected chi connectivity index (χ4v) is 2.83. The molecule has 0 aromatic heterocycles. The van der Waals surface area contributed by atoms with Crippen molar-refractivity contribution in [1.82, 2.24) is 5.32 Å². The Morgan fingerprint density at radius 3 is 2.57 bits per heavy atom. The van der Waals surface area contributed by atoms with Gasteiger partial charge < -0.3 is 15.2 Å². The van der Waals surface area contributed by atoms with Gasteiger partial charge in [0.2, 0.25) is 0 Å². The van der Waals surface area contributed by atoms with Gasteiger partial charge in [-0.25, -0.2) is 4.79 Å². The first-order valence-corrected chi connectivity index (χ1v) is 7.74. The molecule has 2 rings (SSSR count). The van der Waals surface area contributed by atoms with Gasteiger partial charge >= 0.3 is 5.97 Å². The first-order chi connectivity index (χ1) is 10.2. The Hall–Kier alpha value is -1.39. The lowest BCUT2D eigenvalue weighted by molar-refractivity contribution is -0.146.